The lowest BCUT2D eigenvalue weighted by atomic mass is 10.00. The van der Waals surface area contributed by atoms with E-state index >= 15 is 0 Å². The predicted molar refractivity (Wildman–Crippen MR) is 52.1 cm³/mol. The van der Waals surface area contributed by atoms with Gasteiger partial charge in [0.25, 0.3) is 0 Å². The van der Waals surface area contributed by atoms with Crippen LogP contribution >= 0.6 is 0 Å². The Morgan fingerprint density at radius 1 is 1.17 bits per heavy atom. The summed E-state index contributed by atoms with van der Waals surface area (Å²) >= 11 is 0. The van der Waals surface area contributed by atoms with Crippen molar-refractivity contribution in [3.05, 3.63) is 35.4 Å². The van der Waals surface area contributed by atoms with Gasteiger partial charge in [0, 0.05) is 0 Å². The second kappa shape index (κ2) is 4.97. The van der Waals surface area contributed by atoms with Gasteiger partial charge in [0.05, 0.1) is 0 Å². The third-order valence-corrected chi connectivity index (χ3v) is 2.00. The lowest BCUT2D eigenvalue weighted by Crippen LogP contribution is -1.93. The minimum Gasteiger partial charge on any atom is -0.0651 e. The molecule has 0 bridgehead atoms. The average Bonchev–Trinajstić information content (AvgIpc) is 2.09. The van der Waals surface area contributed by atoms with Crippen molar-refractivity contribution in [1.82, 2.24) is 0 Å². The quantitative estimate of drug-likeness (QED) is 0.634. The van der Waals surface area contributed by atoms with Crippen LogP contribution in [0.5, 0.6) is 0 Å². The van der Waals surface area contributed by atoms with Gasteiger partial charge in [-0.25, -0.2) is 0 Å². The molecule has 0 aliphatic heterocycles. The number of benzene rings is 1. The minimum atomic E-state index is 1.15. The van der Waals surface area contributed by atoms with Crippen LogP contribution < -0.4 is 0 Å². The molecule has 0 heteroatoms. The molecule has 0 N–H and O–H groups in total. The van der Waals surface area contributed by atoms with Crippen molar-refractivity contribution in [1.29, 1.82) is 0 Å². The standard InChI is InChI=1S/C12H16/c1-3-7-11-9-5-6-10-12(11)8-4-2/h5,9H,3-4,7-8H2,1-2H3. The van der Waals surface area contributed by atoms with Crippen LogP contribution in [0.2, 0.25) is 0 Å². The van der Waals surface area contributed by atoms with Crippen molar-refractivity contribution in [2.45, 2.75) is 39.5 Å². The summed E-state index contributed by atoms with van der Waals surface area (Å²) in [7, 11) is 0. The molecule has 0 nitrogen and oxygen atoms in total. The number of rotatable bonds is 4. The fourth-order valence-electron chi connectivity index (χ4n) is 1.43. The van der Waals surface area contributed by atoms with Gasteiger partial charge in [0.2, 0.25) is 0 Å². The average molecular weight is 160 g/mol. The number of aryl methyl sites for hydroxylation is 2. The van der Waals surface area contributed by atoms with Crippen LogP contribution in [0.1, 0.15) is 37.8 Å². The van der Waals surface area contributed by atoms with Crippen molar-refractivity contribution >= 4 is 0 Å². The molecule has 0 fully saturated rings. The zero-order valence-electron chi connectivity index (χ0n) is 7.98. The molecule has 0 aliphatic rings. The molecule has 0 saturated carbocycles. The van der Waals surface area contributed by atoms with Crippen LogP contribution in [0.3, 0.4) is 0 Å². The van der Waals surface area contributed by atoms with E-state index in [0.717, 1.165) is 6.42 Å². The molecule has 64 valence electrons. The number of hydrogen-bond donors (Lipinski definition) is 0. The van der Waals surface area contributed by atoms with Crippen LogP contribution in [-0.2, 0) is 12.8 Å². The van der Waals surface area contributed by atoms with E-state index in [1.807, 2.05) is 6.07 Å². The van der Waals surface area contributed by atoms with Crippen molar-refractivity contribution in [2.24, 2.45) is 0 Å². The van der Waals surface area contributed by atoms with Crippen LogP contribution in [0, 0.1) is 12.1 Å². The van der Waals surface area contributed by atoms with Crippen LogP contribution in [-0.4, -0.2) is 0 Å². The Kier molecular flexibility index (Phi) is 3.86. The lowest BCUT2D eigenvalue weighted by molar-refractivity contribution is 0.859. The Labute approximate surface area is 75.6 Å². The fourth-order valence-corrected chi connectivity index (χ4v) is 1.43. The van der Waals surface area contributed by atoms with E-state index in [1.165, 1.54) is 30.4 Å². The largest absolute Gasteiger partial charge is 0.0651 e. The van der Waals surface area contributed by atoms with E-state index in [1.54, 1.807) is 0 Å². The van der Waals surface area contributed by atoms with Crippen LogP contribution in [0.15, 0.2) is 12.1 Å². The Balaban J connectivity index is 2.77. The van der Waals surface area contributed by atoms with Gasteiger partial charge in [-0.1, -0.05) is 38.8 Å². The highest BCUT2D eigenvalue weighted by atomic mass is 14.0. The molecule has 0 unspecified atom stereocenters. The van der Waals surface area contributed by atoms with E-state index in [9.17, 15) is 0 Å². The number of hydrogen-bond acceptors (Lipinski definition) is 0. The van der Waals surface area contributed by atoms with Crippen LogP contribution in [0.4, 0.5) is 0 Å². The molecular formula is C12H16. The monoisotopic (exact) mass is 160 g/mol. The summed E-state index contributed by atoms with van der Waals surface area (Å²) in [4.78, 5) is 0. The maximum atomic E-state index is 3.20. The Morgan fingerprint density at radius 2 is 1.92 bits per heavy atom. The van der Waals surface area contributed by atoms with Gasteiger partial charge in [-0.2, -0.15) is 0 Å². The van der Waals surface area contributed by atoms with Gasteiger partial charge in [0.1, 0.15) is 0 Å². The molecule has 0 atom stereocenters. The molecule has 0 aliphatic carbocycles. The fraction of sp³-hybridized carbons (Fsp3) is 0.500. The summed E-state index contributed by atoms with van der Waals surface area (Å²) in [5.41, 5.74) is 2.82. The first-order valence-corrected chi connectivity index (χ1v) is 4.78. The zero-order chi connectivity index (χ0) is 8.81. The second-order valence-electron chi connectivity index (χ2n) is 3.11. The maximum Gasteiger partial charge on any atom is -0.00612 e. The maximum absolute atomic E-state index is 3.20. The molecule has 0 saturated heterocycles. The topological polar surface area (TPSA) is 0 Å². The molecule has 1 aromatic rings. The first kappa shape index (κ1) is 9.31. The lowest BCUT2D eigenvalue weighted by Gasteiger charge is -2.05. The molecule has 1 aromatic carbocycles. The minimum absolute atomic E-state index is 1.15. The van der Waals surface area contributed by atoms with Crippen molar-refractivity contribution in [2.75, 3.05) is 0 Å². The highest BCUT2D eigenvalue weighted by Gasteiger charge is 1.98. The summed E-state index contributed by atoms with van der Waals surface area (Å²) in [6, 6.07) is 10.4. The van der Waals surface area contributed by atoms with Gasteiger partial charge >= 0.3 is 0 Å². The molecular weight excluding hydrogens is 144 g/mol. The molecule has 0 aromatic heterocycles. The predicted octanol–water partition coefficient (Wildman–Crippen LogP) is 3.19. The van der Waals surface area contributed by atoms with Gasteiger partial charge in [0.15, 0.2) is 0 Å². The van der Waals surface area contributed by atoms with Gasteiger partial charge in [-0.15, -0.1) is 0 Å². The van der Waals surface area contributed by atoms with Gasteiger partial charge in [-0.05, 0) is 36.1 Å². The summed E-state index contributed by atoms with van der Waals surface area (Å²) in [6.07, 6.45) is 4.74. The van der Waals surface area contributed by atoms with Crippen LogP contribution in [0.25, 0.3) is 0 Å². The Morgan fingerprint density at radius 3 is 2.58 bits per heavy atom. The van der Waals surface area contributed by atoms with Gasteiger partial charge in [-0.3, -0.25) is 0 Å². The zero-order valence-corrected chi connectivity index (χ0v) is 7.98. The van der Waals surface area contributed by atoms with E-state index in [0.29, 0.717) is 0 Å². The van der Waals surface area contributed by atoms with E-state index in [-0.39, 0.29) is 0 Å². The highest BCUT2D eigenvalue weighted by molar-refractivity contribution is 5.25. The van der Waals surface area contributed by atoms with E-state index < -0.39 is 0 Å². The smallest absolute Gasteiger partial charge is 0.00612 e. The molecule has 0 heterocycles. The third-order valence-electron chi connectivity index (χ3n) is 2.00. The van der Waals surface area contributed by atoms with E-state index in [2.05, 4.69) is 32.0 Å². The Hall–Kier alpha value is -0.780. The van der Waals surface area contributed by atoms with E-state index in [4.69, 9.17) is 0 Å². The molecule has 0 amide bonds. The molecule has 0 spiro atoms. The van der Waals surface area contributed by atoms with Crippen molar-refractivity contribution < 1.29 is 0 Å². The summed E-state index contributed by atoms with van der Waals surface area (Å²) in [5.74, 6) is 0. The first-order chi connectivity index (χ1) is 5.88. The summed E-state index contributed by atoms with van der Waals surface area (Å²) in [5, 5.41) is 0. The third kappa shape index (κ3) is 2.37. The SMILES string of the molecule is CCCc1[c][c]ccc1CCC. The summed E-state index contributed by atoms with van der Waals surface area (Å²) in [6.45, 7) is 4.42. The first-order valence-electron chi connectivity index (χ1n) is 4.78. The molecule has 1 rings (SSSR count). The molecule has 2 radical (unpaired) electrons. The van der Waals surface area contributed by atoms with Crippen molar-refractivity contribution in [3.8, 4) is 0 Å². The normalized spacial score (nSPS) is 10.2. The summed E-state index contributed by atoms with van der Waals surface area (Å²) < 4.78 is 0. The highest BCUT2D eigenvalue weighted by Crippen LogP contribution is 2.11. The second-order valence-corrected chi connectivity index (χ2v) is 3.11. The van der Waals surface area contributed by atoms with Crippen molar-refractivity contribution in [3.63, 3.8) is 0 Å². The molecule has 12 heavy (non-hydrogen) atoms. The Bertz CT molecular complexity index is 200. The van der Waals surface area contributed by atoms with Gasteiger partial charge < -0.3 is 0 Å².